The quantitative estimate of drug-likeness (QED) is 0.464. The summed E-state index contributed by atoms with van der Waals surface area (Å²) in [6.45, 7) is 2.11. The Labute approximate surface area is 159 Å². The minimum absolute atomic E-state index is 0.0198. The molecule has 0 aliphatic rings. The third-order valence-electron chi connectivity index (χ3n) is 4.26. The number of carbonyl (C=O) groups is 1. The third-order valence-corrected chi connectivity index (χ3v) is 6.11. The zero-order valence-corrected chi connectivity index (χ0v) is 16.2. The Balaban J connectivity index is 1.82. The molecule has 0 fully saturated rings. The lowest BCUT2D eigenvalue weighted by molar-refractivity contribution is -0.136. The van der Waals surface area contributed by atoms with Crippen molar-refractivity contribution in [2.75, 3.05) is 12.7 Å². The molecule has 0 saturated heterocycles. The van der Waals surface area contributed by atoms with E-state index < -0.39 is 19.4 Å². The van der Waals surface area contributed by atoms with E-state index in [1.54, 1.807) is 24.3 Å². The first-order valence-electron chi connectivity index (χ1n) is 8.82. The smallest absolute Gasteiger partial charge is 0.307 e. The summed E-state index contributed by atoms with van der Waals surface area (Å²) in [5, 5.41) is 22.1. The normalized spacial score (nSPS) is 15.7. The van der Waals surface area contributed by atoms with Gasteiger partial charge in [-0.15, -0.1) is 0 Å². The molecule has 0 heterocycles. The number of benzene rings is 2. The number of aliphatic hydroxyl groups excluding tert-OH is 1. The van der Waals surface area contributed by atoms with Crippen LogP contribution in [0, 0.1) is 0 Å². The van der Waals surface area contributed by atoms with E-state index in [1.165, 1.54) is 0 Å². The van der Waals surface area contributed by atoms with Gasteiger partial charge in [-0.3, -0.25) is 9.36 Å². The molecule has 4 N–H and O–H groups in total. The predicted octanol–water partition coefficient (Wildman–Crippen LogP) is 2.80. The fourth-order valence-corrected chi connectivity index (χ4v) is 4.55. The fraction of sp³-hybridized carbons (Fsp3) is 0.350. The molecule has 2 rings (SSSR count). The maximum absolute atomic E-state index is 12.4. The van der Waals surface area contributed by atoms with Gasteiger partial charge in [0, 0.05) is 18.7 Å². The maximum Gasteiger partial charge on any atom is 0.307 e. The molecule has 2 aromatic rings. The minimum atomic E-state index is -3.47. The summed E-state index contributed by atoms with van der Waals surface area (Å²) >= 11 is 0. The van der Waals surface area contributed by atoms with Crippen molar-refractivity contribution in [2.24, 2.45) is 0 Å². The van der Waals surface area contributed by atoms with Gasteiger partial charge in [-0.2, -0.15) is 0 Å². The number of aliphatic carboxylic acids is 1. The average Bonchev–Trinajstić information content (AvgIpc) is 2.60. The Kier molecular flexibility index (Phi) is 7.75. The van der Waals surface area contributed by atoms with Crippen LogP contribution in [0.5, 0.6) is 0 Å². The number of hydrogen-bond acceptors (Lipinski definition) is 4. The average molecular weight is 391 g/mol. The van der Waals surface area contributed by atoms with Crippen LogP contribution >= 0.6 is 7.37 Å². The van der Waals surface area contributed by atoms with Crippen molar-refractivity contribution in [1.29, 1.82) is 0 Å². The van der Waals surface area contributed by atoms with E-state index >= 15 is 0 Å². The van der Waals surface area contributed by atoms with Gasteiger partial charge < -0.3 is 20.4 Å². The number of aliphatic hydroxyl groups is 1. The number of nitrogens with one attached hydrogen (secondary N) is 1. The SMILES string of the molecule is CC(NC[C@@H](O)CP(=O)(O)Cc1ccccc1)c1ccc(CC(=O)O)cc1. The van der Waals surface area contributed by atoms with E-state index in [-0.39, 0.29) is 31.3 Å². The van der Waals surface area contributed by atoms with E-state index in [9.17, 15) is 19.4 Å². The van der Waals surface area contributed by atoms with Crippen LogP contribution in [0.3, 0.4) is 0 Å². The molecule has 0 radical (unpaired) electrons. The lowest BCUT2D eigenvalue weighted by Gasteiger charge is -2.20. The largest absolute Gasteiger partial charge is 0.481 e. The summed E-state index contributed by atoms with van der Waals surface area (Å²) in [5.74, 6) is -0.874. The van der Waals surface area contributed by atoms with Gasteiger partial charge in [0.15, 0.2) is 0 Å². The topological polar surface area (TPSA) is 107 Å². The van der Waals surface area contributed by atoms with E-state index in [0.29, 0.717) is 0 Å². The number of hydrogen-bond donors (Lipinski definition) is 4. The molecule has 6 nitrogen and oxygen atoms in total. The zero-order chi connectivity index (χ0) is 19.9. The highest BCUT2D eigenvalue weighted by molar-refractivity contribution is 7.57. The number of rotatable bonds is 10. The lowest BCUT2D eigenvalue weighted by atomic mass is 10.0. The van der Waals surface area contributed by atoms with Gasteiger partial charge in [0.2, 0.25) is 7.37 Å². The molecule has 27 heavy (non-hydrogen) atoms. The monoisotopic (exact) mass is 391 g/mol. The Hall–Kier alpha value is -1.98. The molecule has 0 amide bonds. The molecule has 0 aromatic heterocycles. The van der Waals surface area contributed by atoms with Crippen LogP contribution in [0.2, 0.25) is 0 Å². The van der Waals surface area contributed by atoms with Crippen molar-refractivity contribution in [2.45, 2.75) is 31.7 Å². The van der Waals surface area contributed by atoms with Crippen LogP contribution in [0.4, 0.5) is 0 Å². The summed E-state index contributed by atoms with van der Waals surface area (Å²) < 4.78 is 12.4. The summed E-state index contributed by atoms with van der Waals surface area (Å²) in [5.41, 5.74) is 2.45. The molecule has 2 aromatic carbocycles. The van der Waals surface area contributed by atoms with E-state index in [4.69, 9.17) is 5.11 Å². The molecule has 146 valence electrons. The van der Waals surface area contributed by atoms with Gasteiger partial charge in [0.05, 0.1) is 18.7 Å². The molecule has 3 atom stereocenters. The van der Waals surface area contributed by atoms with Crippen LogP contribution in [0.1, 0.15) is 29.7 Å². The second-order valence-electron chi connectivity index (χ2n) is 6.77. The number of carboxylic acids is 1. The predicted molar refractivity (Wildman–Crippen MR) is 105 cm³/mol. The molecule has 0 aliphatic carbocycles. The minimum Gasteiger partial charge on any atom is -0.481 e. The summed E-state index contributed by atoms with van der Waals surface area (Å²) in [7, 11) is -3.47. The fourth-order valence-electron chi connectivity index (χ4n) is 2.86. The highest BCUT2D eigenvalue weighted by atomic mass is 31.2. The van der Waals surface area contributed by atoms with Crippen LogP contribution < -0.4 is 5.32 Å². The van der Waals surface area contributed by atoms with Gasteiger partial charge in [0.25, 0.3) is 0 Å². The molecule has 0 aliphatic heterocycles. The standard InChI is InChI=1S/C20H26NO5P/c1-15(18-9-7-16(8-10-18)11-20(23)24)21-12-19(22)14-27(25,26)13-17-5-3-2-4-6-17/h2-10,15,19,21-22H,11-14H2,1H3,(H,23,24)(H,25,26)/t15?,19-/m1/s1. The van der Waals surface area contributed by atoms with E-state index in [2.05, 4.69) is 5.32 Å². The Morgan fingerprint density at radius 2 is 1.70 bits per heavy atom. The van der Waals surface area contributed by atoms with Crippen molar-refractivity contribution >= 4 is 13.3 Å². The van der Waals surface area contributed by atoms with Crippen molar-refractivity contribution in [3.63, 3.8) is 0 Å². The first-order valence-corrected chi connectivity index (χ1v) is 10.8. The molecule has 7 heteroatoms. The van der Waals surface area contributed by atoms with Gasteiger partial charge in [-0.1, -0.05) is 54.6 Å². The van der Waals surface area contributed by atoms with E-state index in [1.807, 2.05) is 37.3 Å². The Morgan fingerprint density at radius 3 is 2.30 bits per heavy atom. The second kappa shape index (κ2) is 9.81. The molecule has 0 saturated carbocycles. The molecular formula is C20H26NO5P. The number of carboxylic acid groups (broad SMARTS) is 1. The van der Waals surface area contributed by atoms with Crippen molar-refractivity contribution in [1.82, 2.24) is 5.32 Å². The molecule has 0 bridgehead atoms. The van der Waals surface area contributed by atoms with Crippen LogP contribution in [-0.4, -0.2) is 39.9 Å². The van der Waals surface area contributed by atoms with Gasteiger partial charge in [-0.25, -0.2) is 0 Å². The first-order chi connectivity index (χ1) is 12.7. The highest BCUT2D eigenvalue weighted by Crippen LogP contribution is 2.44. The summed E-state index contributed by atoms with van der Waals surface area (Å²) in [4.78, 5) is 20.9. The molecular weight excluding hydrogens is 365 g/mol. The molecule has 0 spiro atoms. The Morgan fingerprint density at radius 1 is 1.07 bits per heavy atom. The van der Waals surface area contributed by atoms with Crippen LogP contribution in [0.15, 0.2) is 54.6 Å². The third kappa shape index (κ3) is 7.65. The lowest BCUT2D eigenvalue weighted by Crippen LogP contribution is -2.31. The summed E-state index contributed by atoms with van der Waals surface area (Å²) in [6, 6.07) is 16.2. The zero-order valence-electron chi connectivity index (χ0n) is 15.3. The highest BCUT2D eigenvalue weighted by Gasteiger charge is 2.23. The van der Waals surface area contributed by atoms with Crippen molar-refractivity contribution < 1.29 is 24.5 Å². The van der Waals surface area contributed by atoms with Crippen LogP contribution in [-0.2, 0) is 21.9 Å². The van der Waals surface area contributed by atoms with Crippen molar-refractivity contribution in [3.05, 3.63) is 71.3 Å². The summed E-state index contributed by atoms with van der Waals surface area (Å²) in [6.07, 6.45) is -1.07. The van der Waals surface area contributed by atoms with Gasteiger partial charge >= 0.3 is 5.97 Å². The molecule has 2 unspecified atom stereocenters. The van der Waals surface area contributed by atoms with E-state index in [0.717, 1.165) is 16.7 Å². The first kappa shape index (κ1) is 21.3. The van der Waals surface area contributed by atoms with Crippen LogP contribution in [0.25, 0.3) is 0 Å². The van der Waals surface area contributed by atoms with Gasteiger partial charge in [-0.05, 0) is 23.6 Å². The van der Waals surface area contributed by atoms with Crippen molar-refractivity contribution in [3.8, 4) is 0 Å². The van der Waals surface area contributed by atoms with Gasteiger partial charge in [0.1, 0.15) is 0 Å². The maximum atomic E-state index is 12.4. The Bertz CT molecular complexity index is 779. The second-order valence-corrected chi connectivity index (χ2v) is 9.14.